The zero-order valence-corrected chi connectivity index (χ0v) is 48.0. The van der Waals surface area contributed by atoms with Gasteiger partial charge in [-0.3, -0.25) is 9.59 Å². The summed E-state index contributed by atoms with van der Waals surface area (Å²) in [4.78, 5) is 68.6. The molecule has 6 aromatic heterocycles. The van der Waals surface area contributed by atoms with Crippen molar-refractivity contribution >= 4 is 85.1 Å². The smallest absolute Gasteiger partial charge is 0.289 e. The number of nitrogens with zero attached hydrogens (tertiary/aromatic N) is 16. The molecule has 21 heteroatoms. The first-order valence-corrected chi connectivity index (χ1v) is 28.2. The van der Waals surface area contributed by atoms with Crippen molar-refractivity contribution in [1.29, 1.82) is 0 Å². The number of imidazole rings is 1. The summed E-state index contributed by atoms with van der Waals surface area (Å²) in [6.45, 7) is 13.7. The Bertz CT molecular complexity index is 4200. The Labute approximate surface area is 485 Å². The number of amides is 2. The Kier molecular flexibility index (Phi) is 15.2. The van der Waals surface area contributed by atoms with Crippen LogP contribution in [0.1, 0.15) is 47.2 Å². The minimum absolute atomic E-state index is 0.0548. The number of carbonyl (C=O) groups is 2. The van der Waals surface area contributed by atoms with Crippen molar-refractivity contribution in [2.24, 2.45) is 7.05 Å². The van der Waals surface area contributed by atoms with Gasteiger partial charge < -0.3 is 39.7 Å². The van der Waals surface area contributed by atoms with E-state index >= 15 is 4.39 Å². The van der Waals surface area contributed by atoms with Crippen LogP contribution in [0.15, 0.2) is 141 Å². The number of likely N-dealkylation sites (N-methyl/N-ethyl adjacent to an activating group) is 1. The predicted octanol–water partition coefficient (Wildman–Crippen LogP) is 7.73. The van der Waals surface area contributed by atoms with Crippen LogP contribution in [-0.4, -0.2) is 148 Å². The lowest BCUT2D eigenvalue weighted by Crippen LogP contribution is -2.54. The minimum Gasteiger partial charge on any atom is -0.363 e. The van der Waals surface area contributed by atoms with Gasteiger partial charge in [-0.05, 0) is 153 Å². The molecule has 426 valence electrons. The first-order chi connectivity index (χ1) is 40.7. The van der Waals surface area contributed by atoms with E-state index in [9.17, 15) is 9.59 Å². The van der Waals surface area contributed by atoms with Crippen molar-refractivity contribution in [2.75, 3.05) is 80.3 Å². The molecule has 2 saturated heterocycles. The van der Waals surface area contributed by atoms with E-state index in [4.69, 9.17) is 15.0 Å². The topological polar surface area (TPSA) is 191 Å². The Morgan fingerprint density at radius 2 is 1.60 bits per heavy atom. The van der Waals surface area contributed by atoms with Crippen molar-refractivity contribution < 1.29 is 18.5 Å². The first-order valence-electron chi connectivity index (χ1n) is 28.2. The van der Waals surface area contributed by atoms with Gasteiger partial charge in [-0.2, -0.15) is 5.10 Å². The fourth-order valence-corrected chi connectivity index (χ4v) is 11.5. The summed E-state index contributed by atoms with van der Waals surface area (Å²) < 4.78 is 23.9. The van der Waals surface area contributed by atoms with Gasteiger partial charge in [-0.25, -0.2) is 43.4 Å². The highest BCUT2D eigenvalue weighted by Crippen LogP contribution is 2.35. The number of rotatable bonds is 16. The number of hydrogen-bond acceptors (Lipinski definition) is 15. The third-order valence-corrected chi connectivity index (χ3v) is 16.0. The second-order valence-corrected chi connectivity index (χ2v) is 22.2. The highest BCUT2D eigenvalue weighted by molar-refractivity contribution is 5.93. The second-order valence-electron chi connectivity index (χ2n) is 22.2. The van der Waals surface area contributed by atoms with Gasteiger partial charge in [0.25, 0.3) is 12.1 Å². The SMILES string of the molecule is C=CC(=O)N1CCN(c2ncc3ncnc(Nc4ccc(Cc5ccc6c(c5)ncn6C)c(C[n+]5cnc(Nc6ccc(Cc7ccn8ncnc8c7)c(C)c6)c6c(F)c(N7CCN(C(=O)/C=C/CN(C)C)CC7C)ccc65)c4)c3n2)CC1C. The van der Waals surface area contributed by atoms with E-state index in [1.54, 1.807) is 29.4 Å². The monoisotopic (exact) mass is 1130 g/mol. The summed E-state index contributed by atoms with van der Waals surface area (Å²) in [5.41, 5.74) is 12.8. The largest absolute Gasteiger partial charge is 0.363 e. The highest BCUT2D eigenvalue weighted by atomic mass is 19.1. The second kappa shape index (κ2) is 23.2. The molecule has 0 radical (unpaired) electrons. The van der Waals surface area contributed by atoms with Crippen LogP contribution in [-0.2, 0) is 36.0 Å². The molecule has 4 aromatic carbocycles. The Balaban J connectivity index is 0.903. The Morgan fingerprint density at radius 1 is 0.786 bits per heavy atom. The quantitative estimate of drug-likeness (QED) is 0.0706. The summed E-state index contributed by atoms with van der Waals surface area (Å²) in [6.07, 6.45) is 16.4. The van der Waals surface area contributed by atoms with E-state index in [-0.39, 0.29) is 23.9 Å². The minimum atomic E-state index is -0.413. The van der Waals surface area contributed by atoms with Crippen LogP contribution < -0.4 is 25.0 Å². The van der Waals surface area contributed by atoms with E-state index < -0.39 is 5.82 Å². The molecule has 2 atom stereocenters. The number of aryl methyl sites for hydroxylation is 2. The van der Waals surface area contributed by atoms with Gasteiger partial charge in [-0.1, -0.05) is 30.9 Å². The number of benzene rings is 4. The van der Waals surface area contributed by atoms with Gasteiger partial charge in [0.05, 0.1) is 29.2 Å². The molecule has 10 aromatic rings. The molecule has 2 fully saturated rings. The number of nitrogens with one attached hydrogen (secondary N) is 2. The summed E-state index contributed by atoms with van der Waals surface area (Å²) >= 11 is 0. The molecule has 0 aliphatic carbocycles. The van der Waals surface area contributed by atoms with Gasteiger partial charge in [-0.15, -0.1) is 0 Å². The van der Waals surface area contributed by atoms with E-state index in [1.165, 1.54) is 12.4 Å². The van der Waals surface area contributed by atoms with Crippen LogP contribution in [0.5, 0.6) is 0 Å². The van der Waals surface area contributed by atoms with Crippen LogP contribution in [0.3, 0.4) is 0 Å². The number of carbonyl (C=O) groups excluding carboxylic acids is 2. The maximum absolute atomic E-state index is 18.1. The molecule has 20 nitrogen and oxygen atoms in total. The lowest BCUT2D eigenvalue weighted by Gasteiger charge is -2.41. The lowest BCUT2D eigenvalue weighted by atomic mass is 9.98. The van der Waals surface area contributed by atoms with Gasteiger partial charge in [0, 0.05) is 88.6 Å². The Morgan fingerprint density at radius 3 is 2.40 bits per heavy atom. The number of pyridine rings is 1. The number of aromatic nitrogens is 11. The lowest BCUT2D eigenvalue weighted by molar-refractivity contribution is -0.665. The fourth-order valence-electron chi connectivity index (χ4n) is 11.5. The average molecular weight is 1130 g/mol. The zero-order valence-electron chi connectivity index (χ0n) is 48.0. The van der Waals surface area contributed by atoms with Crippen LogP contribution >= 0.6 is 0 Å². The van der Waals surface area contributed by atoms with E-state index in [2.05, 4.69) is 101 Å². The molecule has 8 heterocycles. The van der Waals surface area contributed by atoms with Crippen molar-refractivity contribution in [3.05, 3.63) is 181 Å². The molecule has 2 N–H and O–H groups in total. The van der Waals surface area contributed by atoms with Crippen LogP contribution in [0.4, 0.5) is 39.0 Å². The number of anilines is 6. The molecule has 0 spiro atoms. The molecule has 0 bridgehead atoms. The molecular formula is C63H66FN18O2+. The fraction of sp³-hybridized carbons (Fsp3) is 0.286. The van der Waals surface area contributed by atoms with Gasteiger partial charge in [0.1, 0.15) is 41.1 Å². The molecular weight excluding hydrogens is 1060 g/mol. The van der Waals surface area contributed by atoms with E-state index in [1.807, 2.05) is 114 Å². The highest BCUT2D eigenvalue weighted by Gasteiger charge is 2.32. The predicted molar refractivity (Wildman–Crippen MR) is 324 cm³/mol. The molecule has 2 aliphatic rings. The van der Waals surface area contributed by atoms with E-state index in [0.29, 0.717) is 110 Å². The summed E-state index contributed by atoms with van der Waals surface area (Å²) in [5.74, 6) is 0.819. The van der Waals surface area contributed by atoms with Crippen LogP contribution in [0.25, 0.3) is 38.6 Å². The molecule has 12 rings (SSSR count). The summed E-state index contributed by atoms with van der Waals surface area (Å²) in [6, 6.07) is 26.5. The third-order valence-electron chi connectivity index (χ3n) is 16.0. The average Bonchev–Trinajstić information content (AvgIpc) is 4.30. The third kappa shape index (κ3) is 11.3. The van der Waals surface area contributed by atoms with Crippen molar-refractivity contribution in [1.82, 2.24) is 63.8 Å². The molecule has 2 aliphatic heterocycles. The van der Waals surface area contributed by atoms with Crippen molar-refractivity contribution in [3.63, 3.8) is 0 Å². The maximum atomic E-state index is 18.1. The number of hydrogen-bond donors (Lipinski definition) is 2. The van der Waals surface area contributed by atoms with Gasteiger partial charge in [0.2, 0.25) is 17.8 Å². The zero-order chi connectivity index (χ0) is 58.2. The summed E-state index contributed by atoms with van der Waals surface area (Å²) in [5, 5.41) is 11.7. The van der Waals surface area contributed by atoms with Gasteiger partial charge >= 0.3 is 0 Å². The number of piperazine rings is 2. The van der Waals surface area contributed by atoms with Crippen LogP contribution in [0.2, 0.25) is 0 Å². The van der Waals surface area contributed by atoms with Crippen LogP contribution in [0, 0.1) is 12.7 Å². The first kappa shape index (κ1) is 54.8. The molecule has 2 unspecified atom stereocenters. The molecule has 2 amide bonds. The van der Waals surface area contributed by atoms with Crippen molar-refractivity contribution in [3.8, 4) is 0 Å². The normalized spacial score (nSPS) is 15.8. The maximum Gasteiger partial charge on any atom is 0.289 e. The number of halogens is 1. The molecule has 0 saturated carbocycles. The van der Waals surface area contributed by atoms with Gasteiger partial charge in [0.15, 0.2) is 17.3 Å². The molecule has 84 heavy (non-hydrogen) atoms. The van der Waals surface area contributed by atoms with Crippen molar-refractivity contribution in [2.45, 2.75) is 52.2 Å². The van der Waals surface area contributed by atoms with E-state index in [0.717, 1.165) is 61.4 Å². The number of fused-ring (bicyclic) bond motifs is 4. The Hall–Kier alpha value is -9.76. The summed E-state index contributed by atoms with van der Waals surface area (Å²) in [7, 11) is 5.91. The standard InChI is InChI=1S/C63H65FN18O2/c1-8-56(83)81-25-23-78(34-42(81)4)63-65-32-51-60(74-63)62(68-36-66-51)73-49-15-13-46(28-43-11-16-52-50(29-43)69-38-76(52)7)47(31-49)35-79-39-70-61(72-48-14-12-45(40(2)26-48)27-44-19-21-82-55(30-44)67-37-71-82)58-53(79)17-18-54(59(58)64)80-24-22-77(33-41(80)3)57(84)10-9-20-75(5)6/h8-19,21,26,29-32,36-39,41-42H,1,20,22-25,27-28,33-35H2,2-7H3,(H,66,68,73)/p+1/b10-9+.